The van der Waals surface area contributed by atoms with E-state index in [1.165, 1.54) is 6.39 Å². The number of amides is 1. The molecular weight excluding hydrogens is 346 g/mol. The fraction of sp³-hybridized carbons (Fsp3) is 0.421. The summed E-state index contributed by atoms with van der Waals surface area (Å²) in [7, 11) is 0. The van der Waals surface area contributed by atoms with Gasteiger partial charge in [0, 0.05) is 37.4 Å². The van der Waals surface area contributed by atoms with E-state index in [0.29, 0.717) is 36.9 Å². The van der Waals surface area contributed by atoms with Crippen LogP contribution in [-0.2, 0) is 11.2 Å². The number of hydrogen-bond donors (Lipinski definition) is 0. The maximum Gasteiger partial charge on any atom is 0.227 e. The van der Waals surface area contributed by atoms with Gasteiger partial charge >= 0.3 is 0 Å². The van der Waals surface area contributed by atoms with Crippen LogP contribution in [0.2, 0.25) is 0 Å². The van der Waals surface area contributed by atoms with Crippen molar-refractivity contribution in [3.63, 3.8) is 0 Å². The summed E-state index contributed by atoms with van der Waals surface area (Å²) in [6, 6.07) is 7.93. The second-order valence-corrected chi connectivity index (χ2v) is 6.85. The van der Waals surface area contributed by atoms with E-state index >= 15 is 0 Å². The van der Waals surface area contributed by atoms with Crippen LogP contribution in [0.15, 0.2) is 39.7 Å². The number of carbonyl (C=O) groups excluding carboxylic acids is 1. The lowest BCUT2D eigenvalue weighted by Gasteiger charge is -2.31. The molecular formula is C19H21N5O3. The predicted octanol–water partition coefficient (Wildman–Crippen LogP) is 2.77. The third kappa shape index (κ3) is 4.05. The van der Waals surface area contributed by atoms with Crippen LogP contribution in [0.3, 0.4) is 0 Å². The molecule has 4 rings (SSSR count). The van der Waals surface area contributed by atoms with Crippen LogP contribution in [0.25, 0.3) is 11.4 Å². The Morgan fingerprint density at radius 1 is 1.33 bits per heavy atom. The van der Waals surface area contributed by atoms with E-state index in [0.717, 1.165) is 30.5 Å². The standard InChI is InChI=1S/C19H21N5O3/c1-13-4-2-5-14(10-13)19-21-16(27-23-19)7-8-17(25)24-9-3-6-15(11-24)18-20-12-26-22-18/h2,4-5,10,12,15H,3,6-9,11H2,1H3/t15-/m0/s1. The predicted molar refractivity (Wildman–Crippen MR) is 95.6 cm³/mol. The van der Waals surface area contributed by atoms with Gasteiger partial charge in [-0.1, -0.05) is 34.1 Å². The summed E-state index contributed by atoms with van der Waals surface area (Å²) in [5, 5.41) is 7.93. The third-order valence-electron chi connectivity index (χ3n) is 4.81. The Labute approximate surface area is 156 Å². The summed E-state index contributed by atoms with van der Waals surface area (Å²) in [6.07, 6.45) is 4.00. The molecule has 0 spiro atoms. The first-order valence-electron chi connectivity index (χ1n) is 9.13. The number of benzene rings is 1. The minimum Gasteiger partial charge on any atom is -0.343 e. The van der Waals surface area contributed by atoms with E-state index < -0.39 is 0 Å². The number of likely N-dealkylation sites (tertiary alicyclic amines) is 1. The van der Waals surface area contributed by atoms with Crippen molar-refractivity contribution < 1.29 is 13.8 Å². The lowest BCUT2D eigenvalue weighted by atomic mass is 9.97. The maximum atomic E-state index is 12.6. The minimum absolute atomic E-state index is 0.0819. The first-order valence-corrected chi connectivity index (χ1v) is 9.13. The van der Waals surface area contributed by atoms with Crippen LogP contribution in [0.1, 0.15) is 42.5 Å². The molecule has 140 valence electrons. The fourth-order valence-corrected chi connectivity index (χ4v) is 3.40. The summed E-state index contributed by atoms with van der Waals surface area (Å²) >= 11 is 0. The second-order valence-electron chi connectivity index (χ2n) is 6.85. The van der Waals surface area contributed by atoms with E-state index in [9.17, 15) is 4.79 Å². The number of hydrogen-bond acceptors (Lipinski definition) is 7. The minimum atomic E-state index is 0.0819. The van der Waals surface area contributed by atoms with Crippen LogP contribution >= 0.6 is 0 Å². The Bertz CT molecular complexity index is 906. The van der Waals surface area contributed by atoms with E-state index in [2.05, 4.69) is 20.3 Å². The van der Waals surface area contributed by atoms with Gasteiger partial charge in [-0.15, -0.1) is 0 Å². The van der Waals surface area contributed by atoms with Gasteiger partial charge in [-0.05, 0) is 25.8 Å². The number of carbonyl (C=O) groups is 1. The molecule has 1 aromatic carbocycles. The second kappa shape index (κ2) is 7.69. The highest BCUT2D eigenvalue weighted by molar-refractivity contribution is 5.76. The van der Waals surface area contributed by atoms with Crippen LogP contribution < -0.4 is 0 Å². The van der Waals surface area contributed by atoms with E-state index in [-0.39, 0.29) is 11.8 Å². The molecule has 27 heavy (non-hydrogen) atoms. The molecule has 3 heterocycles. The molecule has 1 fully saturated rings. The van der Waals surface area contributed by atoms with Crippen molar-refractivity contribution in [2.75, 3.05) is 13.1 Å². The molecule has 8 heteroatoms. The molecule has 1 atom stereocenters. The number of piperidine rings is 1. The van der Waals surface area contributed by atoms with Crippen LogP contribution in [0.4, 0.5) is 0 Å². The van der Waals surface area contributed by atoms with Crippen LogP contribution in [0, 0.1) is 6.92 Å². The first kappa shape index (κ1) is 17.4. The summed E-state index contributed by atoms with van der Waals surface area (Å²) in [4.78, 5) is 23.0. The molecule has 0 aliphatic carbocycles. The third-order valence-corrected chi connectivity index (χ3v) is 4.81. The van der Waals surface area contributed by atoms with Gasteiger partial charge in [-0.3, -0.25) is 4.79 Å². The van der Waals surface area contributed by atoms with Crippen molar-refractivity contribution >= 4 is 5.91 Å². The van der Waals surface area contributed by atoms with Crippen molar-refractivity contribution in [2.24, 2.45) is 0 Å². The zero-order chi connectivity index (χ0) is 18.6. The Balaban J connectivity index is 1.34. The molecule has 0 bridgehead atoms. The fourth-order valence-electron chi connectivity index (χ4n) is 3.40. The van der Waals surface area contributed by atoms with Crippen molar-refractivity contribution in [1.29, 1.82) is 0 Å². The molecule has 3 aromatic rings. The van der Waals surface area contributed by atoms with Crippen molar-refractivity contribution in [3.05, 3.63) is 47.9 Å². The highest BCUT2D eigenvalue weighted by Crippen LogP contribution is 2.25. The molecule has 0 N–H and O–H groups in total. The lowest BCUT2D eigenvalue weighted by Crippen LogP contribution is -2.39. The van der Waals surface area contributed by atoms with Gasteiger partial charge in [0.2, 0.25) is 24.0 Å². The van der Waals surface area contributed by atoms with Crippen molar-refractivity contribution in [3.8, 4) is 11.4 Å². The number of rotatable bonds is 5. The Hall–Kier alpha value is -3.03. The van der Waals surface area contributed by atoms with Crippen molar-refractivity contribution in [2.45, 2.75) is 38.5 Å². The number of aryl methyl sites for hydroxylation is 2. The van der Waals surface area contributed by atoms with E-state index in [1.54, 1.807) is 0 Å². The lowest BCUT2D eigenvalue weighted by molar-refractivity contribution is -0.132. The molecule has 1 saturated heterocycles. The summed E-state index contributed by atoms with van der Waals surface area (Å²) < 4.78 is 10.1. The maximum absolute atomic E-state index is 12.6. The van der Waals surface area contributed by atoms with Gasteiger partial charge in [0.15, 0.2) is 5.82 Å². The smallest absolute Gasteiger partial charge is 0.227 e. The topological polar surface area (TPSA) is 98.2 Å². The van der Waals surface area contributed by atoms with Gasteiger partial charge in [-0.25, -0.2) is 0 Å². The van der Waals surface area contributed by atoms with Crippen LogP contribution in [-0.4, -0.2) is 44.2 Å². The van der Waals surface area contributed by atoms with E-state index in [4.69, 9.17) is 9.05 Å². The van der Waals surface area contributed by atoms with Crippen molar-refractivity contribution in [1.82, 2.24) is 25.2 Å². The molecule has 0 radical (unpaired) electrons. The molecule has 8 nitrogen and oxygen atoms in total. The number of nitrogens with zero attached hydrogens (tertiary/aromatic N) is 5. The number of aromatic nitrogens is 4. The largest absolute Gasteiger partial charge is 0.343 e. The Morgan fingerprint density at radius 2 is 2.26 bits per heavy atom. The SMILES string of the molecule is Cc1cccc(-c2noc(CCC(=O)N3CCC[C@H](c4ncon4)C3)n2)c1. The summed E-state index contributed by atoms with van der Waals surface area (Å²) in [6.45, 7) is 3.39. The highest BCUT2D eigenvalue weighted by atomic mass is 16.5. The average Bonchev–Trinajstić information content (AvgIpc) is 3.38. The average molecular weight is 367 g/mol. The molecule has 0 unspecified atom stereocenters. The molecule has 1 aliphatic rings. The van der Waals surface area contributed by atoms with E-state index in [1.807, 2.05) is 36.1 Å². The molecule has 1 amide bonds. The zero-order valence-corrected chi connectivity index (χ0v) is 15.2. The van der Waals surface area contributed by atoms with Gasteiger partial charge in [0.1, 0.15) is 0 Å². The Kier molecular flexibility index (Phi) is 4.95. The zero-order valence-electron chi connectivity index (χ0n) is 15.2. The summed E-state index contributed by atoms with van der Waals surface area (Å²) in [5.41, 5.74) is 2.05. The molecule has 1 aliphatic heterocycles. The summed E-state index contributed by atoms with van der Waals surface area (Å²) in [5.74, 6) is 1.92. The van der Waals surface area contributed by atoms with Gasteiger partial charge in [-0.2, -0.15) is 9.97 Å². The van der Waals surface area contributed by atoms with Gasteiger partial charge in [0.05, 0.1) is 0 Å². The highest BCUT2D eigenvalue weighted by Gasteiger charge is 2.27. The van der Waals surface area contributed by atoms with Gasteiger partial charge < -0.3 is 13.9 Å². The normalized spacial score (nSPS) is 17.2. The monoisotopic (exact) mass is 367 g/mol. The van der Waals surface area contributed by atoms with Gasteiger partial charge in [0.25, 0.3) is 0 Å². The molecule has 2 aromatic heterocycles. The first-order chi connectivity index (χ1) is 13.2. The molecule has 0 saturated carbocycles. The quantitative estimate of drug-likeness (QED) is 0.684. The Morgan fingerprint density at radius 3 is 3.07 bits per heavy atom. The van der Waals surface area contributed by atoms with Crippen LogP contribution in [0.5, 0.6) is 0 Å².